The molecule has 0 fully saturated rings. The van der Waals surface area contributed by atoms with Gasteiger partial charge < -0.3 is 9.84 Å². The van der Waals surface area contributed by atoms with Crippen molar-refractivity contribution in [3.05, 3.63) is 73.6 Å². The first kappa shape index (κ1) is 21.1. The highest BCUT2D eigenvalue weighted by Gasteiger charge is 2.28. The number of aliphatic hydroxyl groups is 1. The predicted molar refractivity (Wildman–Crippen MR) is 111 cm³/mol. The number of hydrogen-bond donors (Lipinski definition) is 1. The Hall–Kier alpha value is -2.64. The van der Waals surface area contributed by atoms with Crippen LogP contribution in [0.1, 0.15) is 32.4 Å². The largest absolute Gasteiger partial charge is 0.497 e. The van der Waals surface area contributed by atoms with Crippen molar-refractivity contribution in [2.24, 2.45) is 0 Å². The summed E-state index contributed by atoms with van der Waals surface area (Å²) < 4.78 is 21.5. The lowest BCUT2D eigenvalue weighted by Gasteiger charge is -2.29. The maximum Gasteiger partial charge on any atom is 0.332 e. The lowest BCUT2D eigenvalue weighted by atomic mass is 10.00. The number of methoxy groups -OCH3 is 1. The summed E-state index contributed by atoms with van der Waals surface area (Å²) in [5.74, 6) is -0.113. The molecule has 0 aliphatic carbocycles. The molecule has 1 aromatic heterocycles. The first-order valence-corrected chi connectivity index (χ1v) is 9.41. The molecule has 3 rings (SSSR count). The van der Waals surface area contributed by atoms with Crippen LogP contribution in [-0.4, -0.2) is 27.0 Å². The summed E-state index contributed by atoms with van der Waals surface area (Å²) in [4.78, 5) is 26.3. The molecule has 0 spiro atoms. The number of fused-ring (bicyclic) bond motifs is 1. The van der Waals surface area contributed by atoms with E-state index < -0.39 is 28.7 Å². The summed E-state index contributed by atoms with van der Waals surface area (Å²) in [6, 6.07) is 8.48. The Morgan fingerprint density at radius 2 is 1.83 bits per heavy atom. The van der Waals surface area contributed by atoms with E-state index in [0.717, 1.165) is 10.6 Å². The fraction of sp³-hybridized carbons (Fsp3) is 0.333. The van der Waals surface area contributed by atoms with Gasteiger partial charge in [-0.3, -0.25) is 13.9 Å². The molecule has 154 valence electrons. The quantitative estimate of drug-likeness (QED) is 0.687. The van der Waals surface area contributed by atoms with Crippen molar-refractivity contribution in [2.45, 2.75) is 39.0 Å². The van der Waals surface area contributed by atoms with Gasteiger partial charge in [0.25, 0.3) is 5.56 Å². The molecule has 1 N–H and O–H groups in total. The van der Waals surface area contributed by atoms with Crippen molar-refractivity contribution in [1.29, 1.82) is 0 Å². The van der Waals surface area contributed by atoms with Gasteiger partial charge in [0.1, 0.15) is 11.6 Å². The topological polar surface area (TPSA) is 73.5 Å². The summed E-state index contributed by atoms with van der Waals surface area (Å²) in [6.07, 6.45) is 0. The number of benzene rings is 2. The summed E-state index contributed by atoms with van der Waals surface area (Å²) in [5.41, 5.74) is -1.65. The molecule has 0 aliphatic rings. The molecule has 1 unspecified atom stereocenters. The van der Waals surface area contributed by atoms with Crippen LogP contribution in [0, 0.1) is 5.82 Å². The molecule has 2 aromatic carbocycles. The van der Waals surface area contributed by atoms with Crippen LogP contribution in [0.2, 0.25) is 5.02 Å². The third-order valence-corrected chi connectivity index (χ3v) is 5.41. The van der Waals surface area contributed by atoms with E-state index in [4.69, 9.17) is 16.3 Å². The Bertz CT molecular complexity index is 1180. The van der Waals surface area contributed by atoms with E-state index in [2.05, 4.69) is 0 Å². The highest BCUT2D eigenvalue weighted by atomic mass is 35.5. The van der Waals surface area contributed by atoms with Crippen LogP contribution in [0.25, 0.3) is 10.9 Å². The molecule has 0 saturated heterocycles. The van der Waals surface area contributed by atoms with Crippen LogP contribution in [0.4, 0.5) is 4.39 Å². The van der Waals surface area contributed by atoms with E-state index in [-0.39, 0.29) is 22.5 Å². The average molecular weight is 421 g/mol. The standard InChI is InChI=1S/C21H22ClFN2O4/c1-12(21(2,3)28)25-18-10-16(22)17(23)9-15(18)19(26)24(20(25)27)11-13-5-7-14(29-4)8-6-13/h5-10,12,28H,11H2,1-4H3. The molecular formula is C21H22ClFN2O4. The zero-order valence-electron chi connectivity index (χ0n) is 16.6. The fourth-order valence-electron chi connectivity index (χ4n) is 3.12. The third-order valence-electron chi connectivity index (χ3n) is 5.12. The lowest BCUT2D eigenvalue weighted by Crippen LogP contribution is -2.45. The number of nitrogens with zero attached hydrogens (tertiary/aromatic N) is 2. The van der Waals surface area contributed by atoms with Crippen molar-refractivity contribution in [3.8, 4) is 5.75 Å². The second-order valence-electron chi connectivity index (χ2n) is 7.51. The molecule has 3 aromatic rings. The summed E-state index contributed by atoms with van der Waals surface area (Å²) in [7, 11) is 1.54. The molecular weight excluding hydrogens is 399 g/mol. The third kappa shape index (κ3) is 3.93. The van der Waals surface area contributed by atoms with E-state index in [9.17, 15) is 19.1 Å². The average Bonchev–Trinajstić information content (AvgIpc) is 2.66. The van der Waals surface area contributed by atoms with Gasteiger partial charge in [0.05, 0.1) is 41.2 Å². The van der Waals surface area contributed by atoms with Gasteiger partial charge in [-0.2, -0.15) is 0 Å². The minimum Gasteiger partial charge on any atom is -0.497 e. The summed E-state index contributed by atoms with van der Waals surface area (Å²) >= 11 is 5.91. The lowest BCUT2D eigenvalue weighted by molar-refractivity contribution is 0.0299. The van der Waals surface area contributed by atoms with E-state index in [1.165, 1.54) is 10.6 Å². The Morgan fingerprint density at radius 3 is 2.38 bits per heavy atom. The van der Waals surface area contributed by atoms with Gasteiger partial charge in [0, 0.05) is 0 Å². The number of hydrogen-bond acceptors (Lipinski definition) is 4. The van der Waals surface area contributed by atoms with E-state index >= 15 is 0 Å². The van der Waals surface area contributed by atoms with E-state index in [1.54, 1.807) is 52.1 Å². The van der Waals surface area contributed by atoms with E-state index in [0.29, 0.717) is 11.3 Å². The molecule has 1 atom stereocenters. The summed E-state index contributed by atoms with van der Waals surface area (Å²) in [6.45, 7) is 4.75. The molecule has 0 amide bonds. The number of halogens is 2. The molecule has 29 heavy (non-hydrogen) atoms. The fourth-order valence-corrected chi connectivity index (χ4v) is 3.27. The first-order chi connectivity index (χ1) is 13.5. The molecule has 0 radical (unpaired) electrons. The van der Waals surface area contributed by atoms with Gasteiger partial charge in [-0.25, -0.2) is 9.18 Å². The smallest absolute Gasteiger partial charge is 0.332 e. The van der Waals surface area contributed by atoms with Crippen LogP contribution in [-0.2, 0) is 6.54 Å². The number of rotatable bonds is 5. The monoisotopic (exact) mass is 420 g/mol. The molecule has 0 saturated carbocycles. The van der Waals surface area contributed by atoms with Crippen LogP contribution in [0.3, 0.4) is 0 Å². The van der Waals surface area contributed by atoms with Crippen molar-refractivity contribution in [1.82, 2.24) is 9.13 Å². The normalized spacial score (nSPS) is 12.9. The van der Waals surface area contributed by atoms with Crippen molar-refractivity contribution in [3.63, 3.8) is 0 Å². The number of ether oxygens (including phenoxy) is 1. The minimum absolute atomic E-state index is 0.0103. The van der Waals surface area contributed by atoms with Crippen LogP contribution < -0.4 is 16.0 Å². The predicted octanol–water partition coefficient (Wildman–Crippen LogP) is 3.34. The van der Waals surface area contributed by atoms with Crippen molar-refractivity contribution >= 4 is 22.5 Å². The van der Waals surface area contributed by atoms with Crippen molar-refractivity contribution in [2.75, 3.05) is 7.11 Å². The highest BCUT2D eigenvalue weighted by molar-refractivity contribution is 6.31. The second kappa shape index (κ2) is 7.65. The Labute approximate surface area is 171 Å². The zero-order chi connectivity index (χ0) is 21.5. The van der Waals surface area contributed by atoms with Crippen LogP contribution in [0.5, 0.6) is 5.75 Å². The van der Waals surface area contributed by atoms with Crippen molar-refractivity contribution < 1.29 is 14.2 Å². The Morgan fingerprint density at radius 1 is 1.21 bits per heavy atom. The molecule has 1 heterocycles. The van der Waals surface area contributed by atoms with Gasteiger partial charge in [-0.05, 0) is 50.6 Å². The second-order valence-corrected chi connectivity index (χ2v) is 7.91. The van der Waals surface area contributed by atoms with Crippen LogP contribution >= 0.6 is 11.6 Å². The maximum atomic E-state index is 14.1. The Balaban J connectivity index is 2.31. The van der Waals surface area contributed by atoms with E-state index in [1.807, 2.05) is 0 Å². The van der Waals surface area contributed by atoms with Gasteiger partial charge in [-0.15, -0.1) is 0 Å². The van der Waals surface area contributed by atoms with Gasteiger partial charge in [0.15, 0.2) is 0 Å². The Kier molecular flexibility index (Phi) is 5.56. The van der Waals surface area contributed by atoms with Gasteiger partial charge >= 0.3 is 5.69 Å². The molecule has 8 heteroatoms. The minimum atomic E-state index is -1.28. The molecule has 6 nitrogen and oxygen atoms in total. The molecule has 0 bridgehead atoms. The first-order valence-electron chi connectivity index (χ1n) is 9.04. The highest BCUT2D eigenvalue weighted by Crippen LogP contribution is 2.26. The maximum absolute atomic E-state index is 14.1. The number of aromatic nitrogens is 2. The zero-order valence-corrected chi connectivity index (χ0v) is 17.3. The SMILES string of the molecule is COc1ccc(Cn2c(=O)c3cc(F)c(Cl)cc3n(C(C)C(C)(C)O)c2=O)cc1. The van der Waals surface area contributed by atoms with Gasteiger partial charge in [-0.1, -0.05) is 23.7 Å². The molecule has 0 aliphatic heterocycles. The summed E-state index contributed by atoms with van der Waals surface area (Å²) in [5, 5.41) is 10.3. The van der Waals surface area contributed by atoms with Gasteiger partial charge in [0.2, 0.25) is 0 Å². The van der Waals surface area contributed by atoms with Crippen LogP contribution in [0.15, 0.2) is 46.0 Å².